The second kappa shape index (κ2) is 7.79. The van der Waals surface area contributed by atoms with E-state index in [1.54, 1.807) is 12.1 Å². The van der Waals surface area contributed by atoms with E-state index in [1.807, 2.05) is 0 Å². The van der Waals surface area contributed by atoms with Crippen molar-refractivity contribution in [2.45, 2.75) is 5.92 Å². The molecule has 2 N–H and O–H groups in total. The number of non-ortho nitro benzene ring substituents is 1. The molecule has 2 aromatic heterocycles. The van der Waals surface area contributed by atoms with Gasteiger partial charge in [-0.15, -0.1) is 0 Å². The topological polar surface area (TPSA) is 158 Å². The van der Waals surface area contributed by atoms with Crippen LogP contribution in [0.4, 0.5) is 5.69 Å². The molecule has 0 radical (unpaired) electrons. The number of hydrogen-bond acceptors (Lipinski definition) is 8. The number of fused-ring (bicyclic) bond motifs is 1. The molecule has 33 heavy (non-hydrogen) atoms. The number of rotatable bonds is 4. The molecule has 2 aromatic carbocycles. The normalized spacial score (nSPS) is 12.1. The van der Waals surface area contributed by atoms with Gasteiger partial charge in [-0.05, 0) is 17.7 Å². The molecule has 0 spiro atoms. The number of hydrogen-bond donors (Lipinski definition) is 2. The fourth-order valence-electron chi connectivity index (χ4n) is 3.81. The Balaban J connectivity index is 2.19. The summed E-state index contributed by atoms with van der Waals surface area (Å²) in [5.41, 5.74) is -3.85. The first-order valence-corrected chi connectivity index (χ1v) is 9.61. The molecule has 0 aliphatic rings. The van der Waals surface area contributed by atoms with Crippen molar-refractivity contribution in [3.8, 4) is 11.6 Å². The standard InChI is InChI=1S/C22H17N3O8/c1-23-19(27)17(20(28)24(2)22(23)30)15(11-6-5-7-12(10-11)25(31)32)16-18(26)13-8-3-4-9-14(13)33-21(16)29/h3-10,15,26-27H,1-2H3. The molecule has 1 unspecified atom stereocenters. The molecule has 0 saturated heterocycles. The van der Waals surface area contributed by atoms with Crippen molar-refractivity contribution in [2.75, 3.05) is 0 Å². The van der Waals surface area contributed by atoms with Gasteiger partial charge in [-0.25, -0.2) is 9.59 Å². The second-order valence-corrected chi connectivity index (χ2v) is 7.38. The predicted molar refractivity (Wildman–Crippen MR) is 117 cm³/mol. The van der Waals surface area contributed by atoms with E-state index in [-0.39, 0.29) is 22.2 Å². The highest BCUT2D eigenvalue weighted by molar-refractivity contribution is 5.84. The zero-order valence-corrected chi connectivity index (χ0v) is 17.4. The molecular formula is C22H17N3O8. The number of aromatic nitrogens is 2. The lowest BCUT2D eigenvalue weighted by molar-refractivity contribution is -0.384. The molecule has 1 atom stereocenters. The fourth-order valence-corrected chi connectivity index (χ4v) is 3.81. The van der Waals surface area contributed by atoms with E-state index < -0.39 is 50.5 Å². The molecule has 11 heteroatoms. The number of benzene rings is 2. The number of nitrogens with zero attached hydrogens (tertiary/aromatic N) is 3. The van der Waals surface area contributed by atoms with Crippen molar-refractivity contribution in [2.24, 2.45) is 14.1 Å². The van der Waals surface area contributed by atoms with E-state index in [2.05, 4.69) is 0 Å². The fraction of sp³-hybridized carbons (Fsp3) is 0.136. The molecule has 168 valence electrons. The van der Waals surface area contributed by atoms with Crippen molar-refractivity contribution >= 4 is 16.7 Å². The van der Waals surface area contributed by atoms with Crippen molar-refractivity contribution in [3.05, 3.63) is 107 Å². The van der Waals surface area contributed by atoms with E-state index in [4.69, 9.17) is 4.42 Å². The minimum absolute atomic E-state index is 0.0492. The third-order valence-electron chi connectivity index (χ3n) is 5.48. The maximum atomic E-state index is 13.1. The number of aromatic hydroxyl groups is 2. The molecular weight excluding hydrogens is 434 g/mol. The van der Waals surface area contributed by atoms with Crippen LogP contribution in [0.2, 0.25) is 0 Å². The Morgan fingerprint density at radius 1 is 0.970 bits per heavy atom. The lowest BCUT2D eigenvalue weighted by Gasteiger charge is -2.21. The summed E-state index contributed by atoms with van der Waals surface area (Å²) < 4.78 is 6.84. The van der Waals surface area contributed by atoms with Gasteiger partial charge < -0.3 is 14.6 Å². The molecule has 2 heterocycles. The van der Waals surface area contributed by atoms with Crippen LogP contribution in [0, 0.1) is 10.1 Å². The van der Waals surface area contributed by atoms with Gasteiger partial charge in [0, 0.05) is 26.2 Å². The zero-order chi connectivity index (χ0) is 24.0. The summed E-state index contributed by atoms with van der Waals surface area (Å²) >= 11 is 0. The van der Waals surface area contributed by atoms with Crippen molar-refractivity contribution in [3.63, 3.8) is 0 Å². The van der Waals surface area contributed by atoms with Gasteiger partial charge >= 0.3 is 11.3 Å². The lowest BCUT2D eigenvalue weighted by Crippen LogP contribution is -2.40. The number of nitro groups is 1. The van der Waals surface area contributed by atoms with Crippen LogP contribution >= 0.6 is 0 Å². The van der Waals surface area contributed by atoms with Crippen LogP contribution in [0.25, 0.3) is 11.0 Å². The summed E-state index contributed by atoms with van der Waals surface area (Å²) in [6, 6.07) is 11.2. The Kier molecular flexibility index (Phi) is 5.09. The van der Waals surface area contributed by atoms with Crippen molar-refractivity contribution < 1.29 is 19.6 Å². The van der Waals surface area contributed by atoms with Crippen LogP contribution in [0.3, 0.4) is 0 Å². The van der Waals surface area contributed by atoms with E-state index in [1.165, 1.54) is 44.4 Å². The van der Waals surface area contributed by atoms with E-state index >= 15 is 0 Å². The summed E-state index contributed by atoms with van der Waals surface area (Å²) in [6.07, 6.45) is 0. The van der Waals surface area contributed by atoms with Gasteiger partial charge in [-0.2, -0.15) is 0 Å². The summed E-state index contributed by atoms with van der Waals surface area (Å²) in [7, 11) is 2.40. The Morgan fingerprint density at radius 2 is 1.67 bits per heavy atom. The quantitative estimate of drug-likeness (QED) is 0.269. The molecule has 0 aliphatic heterocycles. The van der Waals surface area contributed by atoms with Crippen molar-refractivity contribution in [1.29, 1.82) is 0 Å². The lowest BCUT2D eigenvalue weighted by atomic mass is 9.85. The Bertz CT molecular complexity index is 1610. The average molecular weight is 451 g/mol. The van der Waals surface area contributed by atoms with Gasteiger partial charge in [-0.3, -0.25) is 24.0 Å². The number of nitro benzene ring substituents is 1. The summed E-state index contributed by atoms with van der Waals surface area (Å²) in [4.78, 5) is 49.0. The Morgan fingerprint density at radius 3 is 2.36 bits per heavy atom. The van der Waals surface area contributed by atoms with Crippen LogP contribution in [-0.2, 0) is 14.1 Å². The molecule has 4 aromatic rings. The SMILES string of the molecule is Cn1c(O)c(C(c2cccc([N+](=O)[O-])c2)c2c(O)c3ccccc3oc2=O)c(=O)n(C)c1=O. The van der Waals surface area contributed by atoms with Crippen LogP contribution in [-0.4, -0.2) is 24.3 Å². The van der Waals surface area contributed by atoms with Crippen LogP contribution in [0.1, 0.15) is 22.6 Å². The van der Waals surface area contributed by atoms with Crippen LogP contribution in [0.15, 0.2) is 67.3 Å². The summed E-state index contributed by atoms with van der Waals surface area (Å²) in [5, 5.41) is 33.3. The summed E-state index contributed by atoms with van der Waals surface area (Å²) in [5.74, 6) is -2.77. The maximum Gasteiger partial charge on any atom is 0.344 e. The second-order valence-electron chi connectivity index (χ2n) is 7.38. The molecule has 0 saturated carbocycles. The molecule has 4 rings (SSSR count). The molecule has 0 amide bonds. The molecule has 0 aliphatic carbocycles. The van der Waals surface area contributed by atoms with E-state index in [0.717, 1.165) is 15.2 Å². The van der Waals surface area contributed by atoms with E-state index in [9.17, 15) is 34.7 Å². The minimum Gasteiger partial charge on any atom is -0.507 e. The largest absolute Gasteiger partial charge is 0.507 e. The van der Waals surface area contributed by atoms with Crippen LogP contribution in [0.5, 0.6) is 11.6 Å². The molecule has 11 nitrogen and oxygen atoms in total. The molecule has 0 bridgehead atoms. The first-order valence-electron chi connectivity index (χ1n) is 9.61. The maximum absolute atomic E-state index is 13.1. The third kappa shape index (κ3) is 3.35. The van der Waals surface area contributed by atoms with Gasteiger partial charge in [-0.1, -0.05) is 24.3 Å². The minimum atomic E-state index is -1.49. The predicted octanol–water partition coefficient (Wildman–Crippen LogP) is 1.69. The monoisotopic (exact) mass is 451 g/mol. The van der Waals surface area contributed by atoms with Crippen molar-refractivity contribution in [1.82, 2.24) is 9.13 Å². The zero-order valence-electron chi connectivity index (χ0n) is 17.4. The smallest absolute Gasteiger partial charge is 0.344 e. The van der Waals surface area contributed by atoms with Crippen LogP contribution < -0.4 is 16.9 Å². The highest BCUT2D eigenvalue weighted by atomic mass is 16.6. The third-order valence-corrected chi connectivity index (χ3v) is 5.48. The first-order chi connectivity index (χ1) is 15.6. The highest BCUT2D eigenvalue weighted by Gasteiger charge is 2.33. The highest BCUT2D eigenvalue weighted by Crippen LogP contribution is 2.40. The Labute approximate surface area is 184 Å². The van der Waals surface area contributed by atoms with Gasteiger partial charge in [0.15, 0.2) is 0 Å². The Hall–Kier alpha value is -4.67. The van der Waals surface area contributed by atoms with Gasteiger partial charge in [0.2, 0.25) is 5.88 Å². The first kappa shape index (κ1) is 21.6. The van der Waals surface area contributed by atoms with E-state index in [0.29, 0.717) is 0 Å². The molecule has 0 fully saturated rings. The average Bonchev–Trinajstić information content (AvgIpc) is 2.80. The van der Waals surface area contributed by atoms with Gasteiger partial charge in [0.25, 0.3) is 11.2 Å². The number of para-hydroxylation sites is 1. The summed E-state index contributed by atoms with van der Waals surface area (Å²) in [6.45, 7) is 0. The van der Waals surface area contributed by atoms with Gasteiger partial charge in [0.05, 0.1) is 27.4 Å². The van der Waals surface area contributed by atoms with Gasteiger partial charge in [0.1, 0.15) is 11.3 Å².